The molecule has 0 aromatic carbocycles. The van der Waals surface area contributed by atoms with Gasteiger partial charge in [0.05, 0.1) is 4.92 Å². The molecule has 0 aliphatic heterocycles. The SMILES string of the molecule is N#Cc1ncc(S(=O)(=O)Cl)c(C(F)F)c1[N+](=O)[O-]. The molecule has 0 atom stereocenters. The molecule has 1 heterocycles. The smallest absolute Gasteiger partial charge is 0.258 e. The van der Waals surface area contributed by atoms with Crippen molar-refractivity contribution in [2.24, 2.45) is 0 Å². The van der Waals surface area contributed by atoms with Crippen molar-refractivity contribution in [3.63, 3.8) is 0 Å². The third-order valence-electron chi connectivity index (χ3n) is 1.83. The lowest BCUT2D eigenvalue weighted by atomic mass is 10.2. The summed E-state index contributed by atoms with van der Waals surface area (Å²) in [5.41, 5.74) is -3.73. The predicted molar refractivity (Wildman–Crippen MR) is 53.6 cm³/mol. The number of hydrogen-bond acceptors (Lipinski definition) is 6. The molecular weight excluding hydrogens is 296 g/mol. The molecule has 0 aliphatic carbocycles. The second-order valence-corrected chi connectivity index (χ2v) is 5.38. The van der Waals surface area contributed by atoms with Gasteiger partial charge in [0.25, 0.3) is 15.5 Å². The van der Waals surface area contributed by atoms with Crippen molar-refractivity contribution in [3.05, 3.63) is 27.6 Å². The van der Waals surface area contributed by atoms with Crippen LogP contribution in [0.25, 0.3) is 0 Å². The quantitative estimate of drug-likeness (QED) is 0.477. The van der Waals surface area contributed by atoms with Crippen LogP contribution >= 0.6 is 10.7 Å². The molecule has 0 amide bonds. The van der Waals surface area contributed by atoms with Crippen molar-refractivity contribution in [1.29, 1.82) is 5.26 Å². The van der Waals surface area contributed by atoms with E-state index in [0.29, 0.717) is 6.20 Å². The molecule has 1 aromatic heterocycles. The standard InChI is InChI=1S/C7H2ClF2N3O4S/c8-18(16,17)4-2-12-3(1-11)6(13(14)15)5(4)7(9)10/h2,7H. The lowest BCUT2D eigenvalue weighted by Gasteiger charge is -2.06. The first-order valence-electron chi connectivity index (χ1n) is 4.00. The summed E-state index contributed by atoms with van der Waals surface area (Å²) in [7, 11) is 0.230. The summed E-state index contributed by atoms with van der Waals surface area (Å²) in [5, 5.41) is 19.2. The van der Waals surface area contributed by atoms with Crippen molar-refractivity contribution < 1.29 is 22.1 Å². The Balaban J connectivity index is 3.87. The van der Waals surface area contributed by atoms with Gasteiger partial charge in [0.1, 0.15) is 16.5 Å². The van der Waals surface area contributed by atoms with Gasteiger partial charge in [-0.25, -0.2) is 22.2 Å². The minimum Gasteiger partial charge on any atom is -0.258 e. The van der Waals surface area contributed by atoms with E-state index in [1.165, 1.54) is 6.07 Å². The highest BCUT2D eigenvalue weighted by atomic mass is 35.7. The minimum absolute atomic E-state index is 0.384. The van der Waals surface area contributed by atoms with Gasteiger partial charge in [-0.3, -0.25) is 10.1 Å². The molecule has 0 fully saturated rings. The van der Waals surface area contributed by atoms with Crippen molar-refractivity contribution in [2.75, 3.05) is 0 Å². The summed E-state index contributed by atoms with van der Waals surface area (Å²) >= 11 is 0. The van der Waals surface area contributed by atoms with E-state index in [9.17, 15) is 27.3 Å². The van der Waals surface area contributed by atoms with Crippen LogP contribution in [-0.4, -0.2) is 18.3 Å². The van der Waals surface area contributed by atoms with Crippen LogP contribution < -0.4 is 0 Å². The number of hydrogen-bond donors (Lipinski definition) is 0. The van der Waals surface area contributed by atoms with Crippen molar-refractivity contribution >= 4 is 25.4 Å². The Bertz CT molecular complexity index is 655. The number of alkyl halides is 2. The molecule has 18 heavy (non-hydrogen) atoms. The number of nitriles is 1. The second kappa shape index (κ2) is 4.79. The van der Waals surface area contributed by atoms with E-state index in [1.54, 1.807) is 0 Å². The average molecular weight is 298 g/mol. The molecule has 0 radical (unpaired) electrons. The van der Waals surface area contributed by atoms with Gasteiger partial charge in [0.15, 0.2) is 0 Å². The highest BCUT2D eigenvalue weighted by molar-refractivity contribution is 8.13. The number of rotatable bonds is 3. The zero-order chi connectivity index (χ0) is 14.1. The van der Waals surface area contributed by atoms with Crippen LogP contribution in [0.5, 0.6) is 0 Å². The Morgan fingerprint density at radius 1 is 1.56 bits per heavy atom. The molecule has 0 saturated carbocycles. The fourth-order valence-corrected chi connectivity index (χ4v) is 2.17. The number of nitrogens with zero attached hydrogens (tertiary/aromatic N) is 3. The molecule has 0 N–H and O–H groups in total. The van der Waals surface area contributed by atoms with E-state index in [-0.39, 0.29) is 0 Å². The molecule has 0 bridgehead atoms. The van der Waals surface area contributed by atoms with Gasteiger partial charge in [-0.05, 0) is 0 Å². The van der Waals surface area contributed by atoms with Gasteiger partial charge in [-0.1, -0.05) is 0 Å². The second-order valence-electron chi connectivity index (χ2n) is 2.84. The van der Waals surface area contributed by atoms with Crippen molar-refractivity contribution in [2.45, 2.75) is 11.3 Å². The fourth-order valence-electron chi connectivity index (χ4n) is 1.17. The van der Waals surface area contributed by atoms with E-state index in [4.69, 9.17) is 15.9 Å². The predicted octanol–water partition coefficient (Wildman–Crippen LogP) is 1.73. The zero-order valence-corrected chi connectivity index (χ0v) is 9.74. The van der Waals surface area contributed by atoms with E-state index < -0.39 is 42.2 Å². The fraction of sp³-hybridized carbons (Fsp3) is 0.143. The molecule has 11 heteroatoms. The van der Waals surface area contributed by atoms with Gasteiger partial charge in [0, 0.05) is 16.9 Å². The first-order valence-corrected chi connectivity index (χ1v) is 6.31. The van der Waals surface area contributed by atoms with Crippen LogP contribution in [0.3, 0.4) is 0 Å². The maximum atomic E-state index is 12.7. The maximum absolute atomic E-state index is 12.7. The van der Waals surface area contributed by atoms with Crippen LogP contribution in [0, 0.1) is 21.4 Å². The maximum Gasteiger partial charge on any atom is 0.315 e. The largest absolute Gasteiger partial charge is 0.315 e. The summed E-state index contributed by atoms with van der Waals surface area (Å²) in [6.45, 7) is 0. The van der Waals surface area contributed by atoms with Gasteiger partial charge in [-0.2, -0.15) is 5.26 Å². The van der Waals surface area contributed by atoms with Gasteiger partial charge >= 0.3 is 5.69 Å². The minimum atomic E-state index is -4.64. The summed E-state index contributed by atoms with van der Waals surface area (Å²) in [6.07, 6.45) is -3.11. The average Bonchev–Trinajstić information content (AvgIpc) is 2.25. The molecule has 1 rings (SSSR count). The zero-order valence-electron chi connectivity index (χ0n) is 8.17. The summed E-state index contributed by atoms with van der Waals surface area (Å²) < 4.78 is 47.5. The van der Waals surface area contributed by atoms with Crippen LogP contribution in [0.4, 0.5) is 14.5 Å². The van der Waals surface area contributed by atoms with Gasteiger partial charge < -0.3 is 0 Å². The van der Waals surface area contributed by atoms with Crippen LogP contribution in [0.15, 0.2) is 11.1 Å². The third kappa shape index (κ3) is 2.52. The number of nitro groups is 1. The van der Waals surface area contributed by atoms with E-state index >= 15 is 0 Å². The Morgan fingerprint density at radius 3 is 2.44 bits per heavy atom. The van der Waals surface area contributed by atoms with Crippen LogP contribution in [-0.2, 0) is 9.05 Å². The first kappa shape index (κ1) is 14.2. The Hall–Kier alpha value is -1.86. The molecule has 0 unspecified atom stereocenters. The Labute approximate surface area is 103 Å². The van der Waals surface area contributed by atoms with E-state index in [2.05, 4.69) is 4.98 Å². The summed E-state index contributed by atoms with van der Waals surface area (Å²) in [5.74, 6) is 0. The Kier molecular flexibility index (Phi) is 3.78. The number of halogens is 3. The Morgan fingerprint density at radius 2 is 2.11 bits per heavy atom. The van der Waals surface area contributed by atoms with Gasteiger partial charge in [-0.15, -0.1) is 0 Å². The van der Waals surface area contributed by atoms with E-state index in [1.807, 2.05) is 0 Å². The number of aromatic nitrogens is 1. The highest BCUT2D eigenvalue weighted by Crippen LogP contribution is 2.36. The lowest BCUT2D eigenvalue weighted by Crippen LogP contribution is -2.07. The molecule has 0 spiro atoms. The van der Waals surface area contributed by atoms with Crippen LogP contribution in [0.2, 0.25) is 0 Å². The lowest BCUT2D eigenvalue weighted by molar-refractivity contribution is -0.387. The normalized spacial score (nSPS) is 11.3. The van der Waals surface area contributed by atoms with Crippen molar-refractivity contribution in [3.8, 4) is 6.07 Å². The highest BCUT2D eigenvalue weighted by Gasteiger charge is 2.34. The van der Waals surface area contributed by atoms with Crippen LogP contribution in [0.1, 0.15) is 17.7 Å². The number of pyridine rings is 1. The van der Waals surface area contributed by atoms with Gasteiger partial charge in [0.2, 0.25) is 5.69 Å². The molecule has 1 aromatic rings. The molecular formula is C7H2ClF2N3O4S. The molecule has 96 valence electrons. The monoisotopic (exact) mass is 297 g/mol. The summed E-state index contributed by atoms with van der Waals surface area (Å²) in [6, 6.07) is 1.23. The first-order chi connectivity index (χ1) is 8.20. The van der Waals surface area contributed by atoms with Crippen molar-refractivity contribution in [1.82, 2.24) is 4.98 Å². The molecule has 0 aliphatic rings. The summed E-state index contributed by atoms with van der Waals surface area (Å²) in [4.78, 5) is 11.3. The topological polar surface area (TPSA) is 114 Å². The van der Waals surface area contributed by atoms with E-state index in [0.717, 1.165) is 0 Å². The third-order valence-corrected chi connectivity index (χ3v) is 3.17. The molecule has 7 nitrogen and oxygen atoms in total. The molecule has 0 saturated heterocycles.